The number of nitrogens with zero attached hydrogens (tertiary/aromatic N) is 1. The third-order valence-electron chi connectivity index (χ3n) is 1.85. The molecule has 2 rings (SSSR count). The van der Waals surface area contributed by atoms with Crippen LogP contribution in [0, 0.1) is 0 Å². The van der Waals surface area contributed by atoms with Gasteiger partial charge in [0.15, 0.2) is 5.58 Å². The highest BCUT2D eigenvalue weighted by molar-refractivity contribution is 9.10. The molecule has 0 spiro atoms. The van der Waals surface area contributed by atoms with Crippen LogP contribution >= 0.6 is 15.9 Å². The van der Waals surface area contributed by atoms with Crippen LogP contribution in [0.1, 0.15) is 12.0 Å². The molecule has 5 nitrogen and oxygen atoms in total. The maximum Gasteiger partial charge on any atom is 0.342 e. The number of aliphatic carboxylic acids is 1. The van der Waals surface area contributed by atoms with Gasteiger partial charge >= 0.3 is 5.97 Å². The average molecular weight is 272 g/mol. The number of aromatic nitrogens is 1. The number of carboxylic acids is 1. The SMILES string of the molecule is O=C(O)C(O)c1nc2cccc(Br)c2o1. The topological polar surface area (TPSA) is 83.6 Å². The summed E-state index contributed by atoms with van der Waals surface area (Å²) in [6, 6.07) is 5.15. The Hall–Kier alpha value is -1.40. The van der Waals surface area contributed by atoms with Crippen molar-refractivity contribution in [2.24, 2.45) is 0 Å². The normalized spacial score (nSPS) is 12.9. The van der Waals surface area contributed by atoms with E-state index in [1.807, 2.05) is 0 Å². The van der Waals surface area contributed by atoms with Crippen molar-refractivity contribution < 1.29 is 19.4 Å². The molecule has 1 aromatic carbocycles. The molecule has 2 N–H and O–H groups in total. The van der Waals surface area contributed by atoms with Crippen molar-refractivity contribution in [3.05, 3.63) is 28.6 Å². The summed E-state index contributed by atoms with van der Waals surface area (Å²) >= 11 is 3.23. The molecule has 1 atom stereocenters. The summed E-state index contributed by atoms with van der Waals surface area (Å²) in [6.45, 7) is 0. The largest absolute Gasteiger partial charge is 0.479 e. The summed E-state index contributed by atoms with van der Waals surface area (Å²) in [7, 11) is 0. The van der Waals surface area contributed by atoms with E-state index in [0.29, 0.717) is 15.6 Å². The zero-order valence-electron chi connectivity index (χ0n) is 7.35. The second-order valence-electron chi connectivity index (χ2n) is 2.88. The molecule has 0 aliphatic heterocycles. The number of halogens is 1. The first-order valence-electron chi connectivity index (χ1n) is 4.05. The van der Waals surface area contributed by atoms with Crippen LogP contribution in [-0.4, -0.2) is 21.2 Å². The Labute approximate surface area is 92.5 Å². The molecule has 6 heteroatoms. The number of carbonyl (C=O) groups is 1. The molecule has 1 aromatic heterocycles. The van der Waals surface area contributed by atoms with Crippen LogP contribution in [0.4, 0.5) is 0 Å². The lowest BCUT2D eigenvalue weighted by Crippen LogP contribution is -2.10. The molecule has 0 amide bonds. The van der Waals surface area contributed by atoms with Crippen molar-refractivity contribution in [3.8, 4) is 0 Å². The van der Waals surface area contributed by atoms with Gasteiger partial charge in [-0.3, -0.25) is 0 Å². The Morgan fingerprint density at radius 1 is 1.53 bits per heavy atom. The Balaban J connectivity index is 2.56. The monoisotopic (exact) mass is 271 g/mol. The second-order valence-corrected chi connectivity index (χ2v) is 3.74. The molecule has 0 aliphatic carbocycles. The summed E-state index contributed by atoms with van der Waals surface area (Å²) in [6.07, 6.45) is -1.73. The molecule has 78 valence electrons. The van der Waals surface area contributed by atoms with Crippen molar-refractivity contribution in [2.45, 2.75) is 6.10 Å². The number of hydrogen-bond donors (Lipinski definition) is 2. The van der Waals surface area contributed by atoms with Gasteiger partial charge < -0.3 is 14.6 Å². The molecule has 0 saturated heterocycles. The smallest absolute Gasteiger partial charge is 0.342 e. The van der Waals surface area contributed by atoms with Crippen molar-refractivity contribution >= 4 is 33.0 Å². The predicted octanol–water partition coefficient (Wildman–Crippen LogP) is 1.71. The van der Waals surface area contributed by atoms with Gasteiger partial charge in [0.05, 0.1) is 4.47 Å². The highest BCUT2D eigenvalue weighted by atomic mass is 79.9. The molecule has 0 saturated carbocycles. The summed E-state index contributed by atoms with van der Waals surface area (Å²) in [5, 5.41) is 17.8. The minimum atomic E-state index is -1.73. The lowest BCUT2D eigenvalue weighted by atomic mass is 10.3. The van der Waals surface area contributed by atoms with Gasteiger partial charge in [-0.05, 0) is 28.1 Å². The molecular weight excluding hydrogens is 266 g/mol. The van der Waals surface area contributed by atoms with E-state index in [4.69, 9.17) is 9.52 Å². The van der Waals surface area contributed by atoms with Gasteiger partial charge in [-0.2, -0.15) is 0 Å². The molecule has 1 unspecified atom stereocenters. The van der Waals surface area contributed by atoms with E-state index in [2.05, 4.69) is 20.9 Å². The lowest BCUT2D eigenvalue weighted by molar-refractivity contribution is -0.148. The number of hydrogen-bond acceptors (Lipinski definition) is 4. The first-order valence-corrected chi connectivity index (χ1v) is 4.84. The van der Waals surface area contributed by atoms with E-state index in [1.54, 1.807) is 18.2 Å². The zero-order chi connectivity index (χ0) is 11.0. The standard InChI is InChI=1S/C9H6BrNO4/c10-4-2-1-3-5-7(4)15-8(11-5)6(12)9(13)14/h1-3,6,12H,(H,13,14). The predicted molar refractivity (Wildman–Crippen MR) is 54.3 cm³/mol. The maximum absolute atomic E-state index is 10.5. The van der Waals surface area contributed by atoms with Gasteiger partial charge in [0, 0.05) is 0 Å². The number of benzene rings is 1. The van der Waals surface area contributed by atoms with Gasteiger partial charge in [0.2, 0.25) is 12.0 Å². The fourth-order valence-electron chi connectivity index (χ4n) is 1.16. The third kappa shape index (κ3) is 1.73. The summed E-state index contributed by atoms with van der Waals surface area (Å²) < 4.78 is 5.80. The van der Waals surface area contributed by atoms with Crippen LogP contribution in [-0.2, 0) is 4.79 Å². The highest BCUT2D eigenvalue weighted by Gasteiger charge is 2.22. The van der Waals surface area contributed by atoms with E-state index in [9.17, 15) is 9.90 Å². The Kier molecular flexibility index (Phi) is 2.45. The van der Waals surface area contributed by atoms with Crippen molar-refractivity contribution in [1.29, 1.82) is 0 Å². The Bertz CT molecular complexity index is 522. The van der Waals surface area contributed by atoms with Gasteiger partial charge in [-0.15, -0.1) is 0 Å². The van der Waals surface area contributed by atoms with E-state index in [-0.39, 0.29) is 5.89 Å². The van der Waals surface area contributed by atoms with E-state index < -0.39 is 12.1 Å². The van der Waals surface area contributed by atoms with Crippen LogP contribution in [0.3, 0.4) is 0 Å². The van der Waals surface area contributed by atoms with Crippen molar-refractivity contribution in [1.82, 2.24) is 4.98 Å². The third-order valence-corrected chi connectivity index (χ3v) is 2.48. The Morgan fingerprint density at radius 2 is 2.27 bits per heavy atom. The van der Waals surface area contributed by atoms with Crippen LogP contribution in [0.2, 0.25) is 0 Å². The molecule has 0 radical (unpaired) electrons. The summed E-state index contributed by atoms with van der Waals surface area (Å²) in [4.78, 5) is 14.4. The van der Waals surface area contributed by atoms with E-state index in [0.717, 1.165) is 0 Å². The molecule has 0 aliphatic rings. The Morgan fingerprint density at radius 3 is 2.87 bits per heavy atom. The number of fused-ring (bicyclic) bond motifs is 1. The number of aliphatic hydroxyl groups excluding tert-OH is 1. The van der Waals surface area contributed by atoms with Crippen LogP contribution in [0.15, 0.2) is 27.1 Å². The van der Waals surface area contributed by atoms with Crippen LogP contribution in [0.25, 0.3) is 11.1 Å². The van der Waals surface area contributed by atoms with Gasteiger partial charge in [0.25, 0.3) is 0 Å². The quantitative estimate of drug-likeness (QED) is 0.869. The number of carboxylic acid groups (broad SMARTS) is 1. The molecular formula is C9H6BrNO4. The number of para-hydroxylation sites is 1. The number of oxazole rings is 1. The van der Waals surface area contributed by atoms with Gasteiger partial charge in [-0.25, -0.2) is 9.78 Å². The maximum atomic E-state index is 10.5. The fourth-order valence-corrected chi connectivity index (χ4v) is 1.59. The lowest BCUT2D eigenvalue weighted by Gasteiger charge is -1.97. The summed E-state index contributed by atoms with van der Waals surface area (Å²) in [5.41, 5.74) is 0.924. The number of aliphatic hydroxyl groups is 1. The molecule has 15 heavy (non-hydrogen) atoms. The van der Waals surface area contributed by atoms with Gasteiger partial charge in [0.1, 0.15) is 5.52 Å². The molecule has 2 aromatic rings. The zero-order valence-corrected chi connectivity index (χ0v) is 8.93. The van der Waals surface area contributed by atoms with Crippen LogP contribution in [0.5, 0.6) is 0 Å². The second kappa shape index (κ2) is 3.63. The van der Waals surface area contributed by atoms with E-state index >= 15 is 0 Å². The molecule has 1 heterocycles. The first kappa shape index (κ1) is 10.1. The number of rotatable bonds is 2. The fraction of sp³-hybridized carbons (Fsp3) is 0.111. The highest BCUT2D eigenvalue weighted by Crippen LogP contribution is 2.26. The molecule has 0 fully saturated rings. The van der Waals surface area contributed by atoms with Crippen molar-refractivity contribution in [2.75, 3.05) is 0 Å². The first-order chi connectivity index (χ1) is 7.09. The van der Waals surface area contributed by atoms with Crippen molar-refractivity contribution in [3.63, 3.8) is 0 Å². The summed E-state index contributed by atoms with van der Waals surface area (Å²) in [5.74, 6) is -1.61. The van der Waals surface area contributed by atoms with Gasteiger partial charge in [-0.1, -0.05) is 6.07 Å². The average Bonchev–Trinajstić information content (AvgIpc) is 2.61. The minimum absolute atomic E-state index is 0.218. The molecule has 0 bridgehead atoms. The van der Waals surface area contributed by atoms with Crippen LogP contribution < -0.4 is 0 Å². The van der Waals surface area contributed by atoms with E-state index in [1.165, 1.54) is 0 Å². The minimum Gasteiger partial charge on any atom is -0.479 e.